The monoisotopic (exact) mass is 450 g/mol. The van der Waals surface area contributed by atoms with Crippen LogP contribution in [0, 0.1) is 12.8 Å². The lowest BCUT2D eigenvalue weighted by Gasteiger charge is -2.33. The highest BCUT2D eigenvalue weighted by molar-refractivity contribution is 7.92. The van der Waals surface area contributed by atoms with Crippen LogP contribution in [0.4, 0.5) is 5.69 Å². The van der Waals surface area contributed by atoms with Gasteiger partial charge in [-0.3, -0.25) is 9.10 Å². The molecule has 162 valence electrons. The zero-order valence-electron chi connectivity index (χ0n) is 17.5. The molecule has 1 aliphatic rings. The summed E-state index contributed by atoms with van der Waals surface area (Å²) in [5.74, 6) is 0.788. The molecule has 2 aromatic rings. The van der Waals surface area contributed by atoms with Gasteiger partial charge in [0.15, 0.2) is 0 Å². The molecule has 1 saturated heterocycles. The lowest BCUT2D eigenvalue weighted by atomic mass is 9.99. The minimum atomic E-state index is -3.97. The van der Waals surface area contributed by atoms with Crippen molar-refractivity contribution in [1.29, 1.82) is 0 Å². The fourth-order valence-electron chi connectivity index (χ4n) is 3.44. The molecule has 1 heterocycles. The predicted molar refractivity (Wildman–Crippen MR) is 119 cm³/mol. The van der Waals surface area contributed by atoms with Crippen LogP contribution in [0.15, 0.2) is 47.4 Å². The van der Waals surface area contributed by atoms with Gasteiger partial charge in [0.2, 0.25) is 5.91 Å². The molecule has 6 nitrogen and oxygen atoms in total. The van der Waals surface area contributed by atoms with Gasteiger partial charge in [0.1, 0.15) is 12.3 Å². The van der Waals surface area contributed by atoms with Crippen molar-refractivity contribution in [3.8, 4) is 5.75 Å². The van der Waals surface area contributed by atoms with Crippen LogP contribution in [-0.2, 0) is 14.8 Å². The van der Waals surface area contributed by atoms with Gasteiger partial charge < -0.3 is 9.64 Å². The number of anilines is 1. The van der Waals surface area contributed by atoms with Crippen LogP contribution >= 0.6 is 11.6 Å². The van der Waals surface area contributed by atoms with Crippen LogP contribution in [-0.4, -0.2) is 46.0 Å². The number of methoxy groups -OCH3 is 1. The maximum absolute atomic E-state index is 13.5. The Morgan fingerprint density at radius 3 is 2.37 bits per heavy atom. The van der Waals surface area contributed by atoms with E-state index in [1.165, 1.54) is 13.2 Å². The summed E-state index contributed by atoms with van der Waals surface area (Å²) in [6.45, 7) is 5.05. The average Bonchev–Trinajstić information content (AvgIpc) is 2.72. The van der Waals surface area contributed by atoms with Crippen LogP contribution in [0.5, 0.6) is 5.75 Å². The third kappa shape index (κ3) is 4.90. The molecule has 0 bridgehead atoms. The zero-order valence-corrected chi connectivity index (χ0v) is 19.0. The molecule has 0 aliphatic carbocycles. The molecule has 0 unspecified atom stereocenters. The number of nitrogens with zero attached hydrogens (tertiary/aromatic N) is 2. The van der Waals surface area contributed by atoms with Crippen molar-refractivity contribution in [3.63, 3.8) is 0 Å². The summed E-state index contributed by atoms with van der Waals surface area (Å²) in [5, 5.41) is 0.276. The van der Waals surface area contributed by atoms with E-state index in [9.17, 15) is 13.2 Å². The quantitative estimate of drug-likeness (QED) is 0.664. The van der Waals surface area contributed by atoms with Crippen molar-refractivity contribution in [1.82, 2.24) is 4.90 Å². The molecule has 0 N–H and O–H groups in total. The first-order valence-corrected chi connectivity index (χ1v) is 11.7. The Morgan fingerprint density at radius 2 is 1.80 bits per heavy atom. The number of aryl methyl sites for hydroxylation is 1. The van der Waals surface area contributed by atoms with E-state index in [4.69, 9.17) is 16.3 Å². The molecular formula is C22H27ClN2O4S. The molecule has 0 radical (unpaired) electrons. The zero-order chi connectivity index (χ0) is 21.9. The Kier molecular flexibility index (Phi) is 6.93. The summed E-state index contributed by atoms with van der Waals surface area (Å²) in [5.41, 5.74) is 1.27. The predicted octanol–water partition coefficient (Wildman–Crippen LogP) is 4.11. The topological polar surface area (TPSA) is 66.9 Å². The molecule has 3 rings (SSSR count). The highest BCUT2D eigenvalue weighted by Gasteiger charge is 2.30. The highest BCUT2D eigenvalue weighted by Crippen LogP contribution is 2.32. The number of amides is 1. The van der Waals surface area contributed by atoms with E-state index < -0.39 is 10.0 Å². The van der Waals surface area contributed by atoms with Gasteiger partial charge in [-0.15, -0.1) is 0 Å². The number of likely N-dealkylation sites (tertiary alicyclic amines) is 1. The number of halogens is 1. The summed E-state index contributed by atoms with van der Waals surface area (Å²) in [7, 11) is -2.48. The maximum Gasteiger partial charge on any atom is 0.264 e. The minimum absolute atomic E-state index is 0.125. The summed E-state index contributed by atoms with van der Waals surface area (Å²) in [6, 6.07) is 11.3. The van der Waals surface area contributed by atoms with Crippen molar-refractivity contribution in [2.75, 3.05) is 31.0 Å². The number of sulfonamides is 1. The van der Waals surface area contributed by atoms with Crippen molar-refractivity contribution in [3.05, 3.63) is 53.1 Å². The molecule has 0 atom stereocenters. The van der Waals surface area contributed by atoms with Gasteiger partial charge in [-0.25, -0.2) is 8.42 Å². The van der Waals surface area contributed by atoms with Gasteiger partial charge in [0.25, 0.3) is 10.0 Å². The molecule has 1 amide bonds. The summed E-state index contributed by atoms with van der Waals surface area (Å²) in [6.07, 6.45) is 1.84. The lowest BCUT2D eigenvalue weighted by molar-refractivity contribution is -0.130. The Morgan fingerprint density at radius 1 is 1.17 bits per heavy atom. The molecule has 8 heteroatoms. The molecular weight excluding hydrogens is 424 g/mol. The maximum atomic E-state index is 13.5. The van der Waals surface area contributed by atoms with E-state index in [0.29, 0.717) is 30.4 Å². The third-order valence-corrected chi connectivity index (χ3v) is 7.53. The molecule has 30 heavy (non-hydrogen) atoms. The Bertz CT molecular complexity index is 1000. The van der Waals surface area contributed by atoms with Crippen LogP contribution in [0.1, 0.15) is 25.3 Å². The fourth-order valence-corrected chi connectivity index (χ4v) is 5.10. The Balaban J connectivity index is 1.97. The van der Waals surface area contributed by atoms with E-state index in [0.717, 1.165) is 22.7 Å². The van der Waals surface area contributed by atoms with Crippen molar-refractivity contribution in [2.45, 2.75) is 31.6 Å². The summed E-state index contributed by atoms with van der Waals surface area (Å²) in [4.78, 5) is 14.9. The summed E-state index contributed by atoms with van der Waals surface area (Å²) >= 11 is 6.25. The van der Waals surface area contributed by atoms with Gasteiger partial charge in [-0.05, 0) is 56.0 Å². The van der Waals surface area contributed by atoms with Crippen molar-refractivity contribution >= 4 is 33.2 Å². The molecule has 0 saturated carbocycles. The second kappa shape index (κ2) is 9.27. The van der Waals surface area contributed by atoms with E-state index in [2.05, 4.69) is 6.92 Å². The number of carbonyl (C=O) groups excluding carboxylic acids is 1. The number of benzene rings is 2. The third-order valence-electron chi connectivity index (χ3n) is 5.45. The van der Waals surface area contributed by atoms with E-state index in [1.807, 2.05) is 6.92 Å². The minimum Gasteiger partial charge on any atom is -0.495 e. The SMILES string of the molecule is COc1ccc(N(CC(=O)N2CCC(C)CC2)S(=O)(=O)c2ccc(C)cc2)cc1Cl. The van der Waals surface area contributed by atoms with Crippen LogP contribution < -0.4 is 9.04 Å². The first-order valence-electron chi connectivity index (χ1n) is 9.93. The second-order valence-electron chi connectivity index (χ2n) is 7.71. The molecule has 1 aliphatic heterocycles. The van der Waals surface area contributed by atoms with Crippen molar-refractivity contribution < 1.29 is 17.9 Å². The van der Waals surface area contributed by atoms with Gasteiger partial charge in [0.05, 0.1) is 22.7 Å². The smallest absolute Gasteiger partial charge is 0.264 e. The molecule has 0 spiro atoms. The number of piperidine rings is 1. The number of hydrogen-bond acceptors (Lipinski definition) is 4. The van der Waals surface area contributed by atoms with Gasteiger partial charge in [-0.1, -0.05) is 36.2 Å². The van der Waals surface area contributed by atoms with E-state index in [1.54, 1.807) is 41.3 Å². The number of carbonyl (C=O) groups is 1. The first kappa shape index (κ1) is 22.4. The number of rotatable bonds is 6. The van der Waals surface area contributed by atoms with Crippen LogP contribution in [0.2, 0.25) is 5.02 Å². The van der Waals surface area contributed by atoms with Gasteiger partial charge in [0, 0.05) is 13.1 Å². The van der Waals surface area contributed by atoms with Crippen LogP contribution in [0.3, 0.4) is 0 Å². The average molecular weight is 451 g/mol. The van der Waals surface area contributed by atoms with E-state index >= 15 is 0 Å². The second-order valence-corrected chi connectivity index (χ2v) is 9.98. The van der Waals surface area contributed by atoms with Gasteiger partial charge >= 0.3 is 0 Å². The number of hydrogen-bond donors (Lipinski definition) is 0. The Labute approximate surface area is 183 Å². The molecule has 1 fully saturated rings. The van der Waals surface area contributed by atoms with Crippen molar-refractivity contribution in [2.24, 2.45) is 5.92 Å². The highest BCUT2D eigenvalue weighted by atomic mass is 35.5. The Hall–Kier alpha value is -2.25. The largest absolute Gasteiger partial charge is 0.495 e. The normalized spacial score (nSPS) is 15.1. The fraction of sp³-hybridized carbons (Fsp3) is 0.409. The standard InChI is InChI=1S/C22H27ClN2O4S/c1-16-4-7-19(8-5-16)30(27,28)25(18-6-9-21(29-3)20(23)14-18)15-22(26)24-12-10-17(2)11-13-24/h4-9,14,17H,10-13,15H2,1-3H3. The van der Waals surface area contributed by atoms with Crippen LogP contribution in [0.25, 0.3) is 0 Å². The number of ether oxygens (including phenoxy) is 1. The summed E-state index contributed by atoms with van der Waals surface area (Å²) < 4.78 is 33.2. The van der Waals surface area contributed by atoms with Gasteiger partial charge in [-0.2, -0.15) is 0 Å². The lowest BCUT2D eigenvalue weighted by Crippen LogP contribution is -2.45. The van der Waals surface area contributed by atoms with E-state index in [-0.39, 0.29) is 22.4 Å². The first-order chi connectivity index (χ1) is 14.2. The molecule has 0 aromatic heterocycles. The molecule has 2 aromatic carbocycles.